The Hall–Kier alpha value is -2.47. The van der Waals surface area contributed by atoms with Crippen LogP contribution in [0.4, 0.5) is 0 Å². The summed E-state index contributed by atoms with van der Waals surface area (Å²) in [6.07, 6.45) is 5.54. The summed E-state index contributed by atoms with van der Waals surface area (Å²) in [5.41, 5.74) is 6.87. The van der Waals surface area contributed by atoms with Gasteiger partial charge in [0.05, 0.1) is 12.7 Å². The molecule has 0 aliphatic rings. The Labute approximate surface area is 123 Å². The average molecular weight is 285 g/mol. The van der Waals surface area contributed by atoms with E-state index in [4.69, 9.17) is 5.73 Å². The lowest BCUT2D eigenvalue weighted by Crippen LogP contribution is -2.27. The Morgan fingerprint density at radius 3 is 2.86 bits per heavy atom. The largest absolute Gasteiger partial charge is 0.337 e. The van der Waals surface area contributed by atoms with Gasteiger partial charge in [-0.15, -0.1) is 5.10 Å². The lowest BCUT2D eigenvalue weighted by atomic mass is 10.2. The first kappa shape index (κ1) is 14.9. The van der Waals surface area contributed by atoms with E-state index in [1.54, 1.807) is 22.8 Å². The molecule has 1 aromatic carbocycles. The highest BCUT2D eigenvalue weighted by atomic mass is 16.2. The Morgan fingerprint density at radius 2 is 2.14 bits per heavy atom. The second-order valence-electron chi connectivity index (χ2n) is 4.65. The summed E-state index contributed by atoms with van der Waals surface area (Å²) in [5, 5.41) is 7.72. The van der Waals surface area contributed by atoms with Gasteiger partial charge in [-0.1, -0.05) is 47.7 Å². The maximum atomic E-state index is 12.1. The molecule has 110 valence electrons. The predicted octanol–water partition coefficient (Wildman–Crippen LogP) is 1.02. The van der Waals surface area contributed by atoms with Gasteiger partial charge in [0.2, 0.25) is 0 Å². The SMILES string of the molecule is CN(CC=Cc1ccccc1)C(=O)c1cn(CCN)nn1. The van der Waals surface area contributed by atoms with Crippen LogP contribution in [0.5, 0.6) is 0 Å². The molecule has 0 bridgehead atoms. The zero-order valence-electron chi connectivity index (χ0n) is 12.0. The second-order valence-corrected chi connectivity index (χ2v) is 4.65. The van der Waals surface area contributed by atoms with Crippen LogP contribution in [-0.4, -0.2) is 45.9 Å². The first-order valence-electron chi connectivity index (χ1n) is 6.78. The van der Waals surface area contributed by atoms with E-state index in [9.17, 15) is 4.79 Å². The third-order valence-electron chi connectivity index (χ3n) is 2.95. The van der Waals surface area contributed by atoms with Crippen molar-refractivity contribution in [3.8, 4) is 0 Å². The molecule has 0 saturated carbocycles. The first-order valence-corrected chi connectivity index (χ1v) is 6.78. The molecule has 1 heterocycles. The molecule has 0 radical (unpaired) electrons. The van der Waals surface area contributed by atoms with Gasteiger partial charge in [0.15, 0.2) is 5.69 Å². The van der Waals surface area contributed by atoms with Crippen molar-refractivity contribution in [2.45, 2.75) is 6.54 Å². The van der Waals surface area contributed by atoms with Gasteiger partial charge >= 0.3 is 0 Å². The van der Waals surface area contributed by atoms with Crippen LogP contribution in [0.25, 0.3) is 6.08 Å². The molecule has 2 rings (SSSR count). The molecule has 1 aromatic heterocycles. The molecular weight excluding hydrogens is 266 g/mol. The van der Waals surface area contributed by atoms with Crippen molar-refractivity contribution in [3.63, 3.8) is 0 Å². The summed E-state index contributed by atoms with van der Waals surface area (Å²) in [6, 6.07) is 9.94. The number of carbonyl (C=O) groups is 1. The van der Waals surface area contributed by atoms with Crippen molar-refractivity contribution in [1.29, 1.82) is 0 Å². The van der Waals surface area contributed by atoms with Crippen LogP contribution in [0.15, 0.2) is 42.6 Å². The Morgan fingerprint density at radius 1 is 1.38 bits per heavy atom. The van der Waals surface area contributed by atoms with Crippen LogP contribution in [-0.2, 0) is 6.54 Å². The third kappa shape index (κ3) is 4.25. The minimum absolute atomic E-state index is 0.156. The minimum Gasteiger partial charge on any atom is -0.337 e. The molecule has 0 aliphatic carbocycles. The second kappa shape index (κ2) is 7.35. The van der Waals surface area contributed by atoms with Crippen molar-refractivity contribution in [3.05, 3.63) is 53.9 Å². The van der Waals surface area contributed by atoms with Crippen LogP contribution in [0.1, 0.15) is 16.1 Å². The highest BCUT2D eigenvalue weighted by molar-refractivity contribution is 5.91. The molecule has 0 aliphatic heterocycles. The molecule has 0 saturated heterocycles. The number of hydrogen-bond donors (Lipinski definition) is 1. The Balaban J connectivity index is 1.91. The van der Waals surface area contributed by atoms with Crippen molar-refractivity contribution in [1.82, 2.24) is 19.9 Å². The lowest BCUT2D eigenvalue weighted by Gasteiger charge is -2.12. The third-order valence-corrected chi connectivity index (χ3v) is 2.95. The van der Waals surface area contributed by atoms with Crippen LogP contribution in [0.3, 0.4) is 0 Å². The van der Waals surface area contributed by atoms with Gasteiger partial charge in [0.1, 0.15) is 0 Å². The average Bonchev–Trinajstić information content (AvgIpc) is 2.96. The summed E-state index contributed by atoms with van der Waals surface area (Å²) in [4.78, 5) is 13.7. The summed E-state index contributed by atoms with van der Waals surface area (Å²) >= 11 is 0. The number of carbonyl (C=O) groups excluding carboxylic acids is 1. The molecule has 6 heteroatoms. The van der Waals surface area contributed by atoms with Crippen molar-refractivity contribution in [2.75, 3.05) is 20.1 Å². The molecular formula is C15H19N5O. The summed E-state index contributed by atoms with van der Waals surface area (Å²) in [6.45, 7) is 1.53. The first-order chi connectivity index (χ1) is 10.2. The van der Waals surface area contributed by atoms with Gasteiger partial charge in [-0.2, -0.15) is 0 Å². The minimum atomic E-state index is -0.156. The Bertz CT molecular complexity index is 606. The quantitative estimate of drug-likeness (QED) is 0.859. The normalized spacial score (nSPS) is 11.0. The molecule has 1 amide bonds. The monoisotopic (exact) mass is 285 g/mol. The zero-order valence-corrected chi connectivity index (χ0v) is 12.0. The van der Waals surface area contributed by atoms with E-state index in [0.29, 0.717) is 25.3 Å². The smallest absolute Gasteiger partial charge is 0.276 e. The fourth-order valence-electron chi connectivity index (χ4n) is 1.83. The highest BCUT2D eigenvalue weighted by Gasteiger charge is 2.14. The summed E-state index contributed by atoms with van der Waals surface area (Å²) in [5.74, 6) is -0.156. The van der Waals surface area contributed by atoms with E-state index in [2.05, 4.69) is 10.3 Å². The van der Waals surface area contributed by atoms with E-state index < -0.39 is 0 Å². The van der Waals surface area contributed by atoms with Gasteiger partial charge in [-0.25, -0.2) is 0 Å². The molecule has 6 nitrogen and oxygen atoms in total. The van der Waals surface area contributed by atoms with Crippen molar-refractivity contribution < 1.29 is 4.79 Å². The molecule has 2 N–H and O–H groups in total. The van der Waals surface area contributed by atoms with Crippen molar-refractivity contribution in [2.24, 2.45) is 5.73 Å². The van der Waals surface area contributed by atoms with E-state index in [0.717, 1.165) is 5.56 Å². The number of aromatic nitrogens is 3. The van der Waals surface area contributed by atoms with Gasteiger partial charge in [0.25, 0.3) is 5.91 Å². The van der Waals surface area contributed by atoms with Crippen LogP contribution >= 0.6 is 0 Å². The number of likely N-dealkylation sites (N-methyl/N-ethyl adjacent to an activating group) is 1. The van der Waals surface area contributed by atoms with Crippen molar-refractivity contribution >= 4 is 12.0 Å². The Kier molecular flexibility index (Phi) is 5.22. The lowest BCUT2D eigenvalue weighted by molar-refractivity contribution is 0.0804. The molecule has 0 fully saturated rings. The molecule has 0 unspecified atom stereocenters. The van der Waals surface area contributed by atoms with Gasteiger partial charge < -0.3 is 10.6 Å². The van der Waals surface area contributed by atoms with Gasteiger partial charge in [-0.05, 0) is 5.56 Å². The number of rotatable bonds is 6. The van der Waals surface area contributed by atoms with Crippen LogP contribution in [0.2, 0.25) is 0 Å². The number of nitrogens with two attached hydrogens (primary N) is 1. The number of hydrogen-bond acceptors (Lipinski definition) is 4. The topological polar surface area (TPSA) is 77.0 Å². The fraction of sp³-hybridized carbons (Fsp3) is 0.267. The zero-order chi connectivity index (χ0) is 15.1. The maximum absolute atomic E-state index is 12.1. The molecule has 0 spiro atoms. The highest BCUT2D eigenvalue weighted by Crippen LogP contribution is 2.03. The standard InChI is InChI=1S/C15H19N5O/c1-19(10-5-8-13-6-3-2-4-7-13)15(21)14-12-20(11-9-16)18-17-14/h2-8,12H,9-11,16H2,1H3. The van der Waals surface area contributed by atoms with Gasteiger partial charge in [0, 0.05) is 20.1 Å². The van der Waals surface area contributed by atoms with Crippen LogP contribution in [0, 0.1) is 0 Å². The van der Waals surface area contributed by atoms with E-state index in [1.165, 1.54) is 0 Å². The maximum Gasteiger partial charge on any atom is 0.276 e. The number of amides is 1. The van der Waals surface area contributed by atoms with E-state index in [1.807, 2.05) is 42.5 Å². The number of benzene rings is 1. The van der Waals surface area contributed by atoms with Crippen LogP contribution < -0.4 is 5.73 Å². The molecule has 21 heavy (non-hydrogen) atoms. The molecule has 2 aromatic rings. The molecule has 0 atom stereocenters. The predicted molar refractivity (Wildman–Crippen MR) is 81.5 cm³/mol. The number of nitrogens with zero attached hydrogens (tertiary/aromatic N) is 4. The van der Waals surface area contributed by atoms with Gasteiger partial charge in [-0.3, -0.25) is 9.48 Å². The van der Waals surface area contributed by atoms with E-state index in [-0.39, 0.29) is 5.91 Å². The summed E-state index contributed by atoms with van der Waals surface area (Å²) < 4.78 is 1.57. The van der Waals surface area contributed by atoms with E-state index >= 15 is 0 Å². The summed E-state index contributed by atoms with van der Waals surface area (Å²) in [7, 11) is 1.74. The fourth-order valence-corrected chi connectivity index (χ4v) is 1.83.